The number of benzene rings is 2. The molecule has 3 N–H and O–H groups in total. The highest BCUT2D eigenvalue weighted by molar-refractivity contribution is 7.99. The molecule has 0 bridgehead atoms. The lowest BCUT2D eigenvalue weighted by Gasteiger charge is -2.10. The summed E-state index contributed by atoms with van der Waals surface area (Å²) in [6.45, 7) is 1.94. The monoisotopic (exact) mass is 466 g/mol. The molecule has 0 saturated heterocycles. The van der Waals surface area contributed by atoms with Crippen LogP contribution in [0.15, 0.2) is 69.3 Å². The van der Waals surface area contributed by atoms with Gasteiger partial charge in [0.2, 0.25) is 5.91 Å². The number of rotatable bonds is 7. The summed E-state index contributed by atoms with van der Waals surface area (Å²) in [6.07, 6.45) is 0.0968. The molecule has 9 nitrogen and oxygen atoms in total. The second-order valence-electron chi connectivity index (χ2n) is 7.21. The first kappa shape index (κ1) is 22.2. The topological polar surface area (TPSA) is 126 Å². The van der Waals surface area contributed by atoms with E-state index in [2.05, 4.69) is 25.5 Å². The van der Waals surface area contributed by atoms with E-state index in [1.54, 1.807) is 22.8 Å². The minimum absolute atomic E-state index is 0.0646. The highest BCUT2D eigenvalue weighted by Gasteiger charge is 2.17. The standard InChI is InChI=1S/C22H19FN6O3S/c1-13-3-2-4-15(9-13)24-20(31)12-33-22-28-27-18(10-16-11-19(30)26-21(32)25-16)29(22)17-7-5-14(23)6-8-17/h2-9,11H,10,12H2,1H3,(H,24,31)(H2,25,26,30,32). The predicted octanol–water partition coefficient (Wildman–Crippen LogP) is 2.41. The number of hydrogen-bond acceptors (Lipinski definition) is 6. The van der Waals surface area contributed by atoms with Crippen molar-refractivity contribution < 1.29 is 9.18 Å². The van der Waals surface area contributed by atoms with Crippen LogP contribution in [0.4, 0.5) is 10.1 Å². The molecule has 2 heterocycles. The van der Waals surface area contributed by atoms with Gasteiger partial charge in [-0.3, -0.25) is 19.1 Å². The van der Waals surface area contributed by atoms with Crippen LogP contribution in [0.5, 0.6) is 0 Å². The fraction of sp³-hybridized carbons (Fsp3) is 0.136. The molecule has 11 heteroatoms. The fourth-order valence-corrected chi connectivity index (χ4v) is 3.96. The normalized spacial score (nSPS) is 10.8. The van der Waals surface area contributed by atoms with Gasteiger partial charge in [-0.1, -0.05) is 23.9 Å². The van der Waals surface area contributed by atoms with E-state index in [0.29, 0.717) is 28.0 Å². The van der Waals surface area contributed by atoms with Gasteiger partial charge >= 0.3 is 5.69 Å². The van der Waals surface area contributed by atoms with Crippen molar-refractivity contribution in [1.29, 1.82) is 0 Å². The Morgan fingerprint density at radius 1 is 1.09 bits per heavy atom. The summed E-state index contributed by atoms with van der Waals surface area (Å²) in [6, 6.07) is 14.4. The molecule has 0 aliphatic heterocycles. The molecule has 1 amide bonds. The summed E-state index contributed by atoms with van der Waals surface area (Å²) in [5.41, 5.74) is 1.47. The highest BCUT2D eigenvalue weighted by atomic mass is 32.2. The van der Waals surface area contributed by atoms with Crippen LogP contribution in [-0.2, 0) is 11.2 Å². The van der Waals surface area contributed by atoms with Crippen LogP contribution < -0.4 is 16.6 Å². The van der Waals surface area contributed by atoms with Crippen LogP contribution >= 0.6 is 11.8 Å². The number of anilines is 1. The molecule has 0 aliphatic rings. The van der Waals surface area contributed by atoms with E-state index in [1.807, 2.05) is 25.1 Å². The Kier molecular flexibility index (Phi) is 6.50. The Labute approximate surface area is 191 Å². The molecular formula is C22H19FN6O3S. The van der Waals surface area contributed by atoms with Gasteiger partial charge in [-0.25, -0.2) is 9.18 Å². The third-order valence-corrected chi connectivity index (χ3v) is 5.51. The van der Waals surface area contributed by atoms with Gasteiger partial charge in [0.05, 0.1) is 5.75 Å². The van der Waals surface area contributed by atoms with Gasteiger partial charge in [-0.05, 0) is 48.9 Å². The Balaban J connectivity index is 1.59. The Hall–Kier alpha value is -3.99. The number of carbonyl (C=O) groups is 1. The molecule has 0 spiro atoms. The summed E-state index contributed by atoms with van der Waals surface area (Å²) in [7, 11) is 0. The summed E-state index contributed by atoms with van der Waals surface area (Å²) in [5.74, 6) is -0.155. The van der Waals surface area contributed by atoms with Gasteiger partial charge in [0.1, 0.15) is 11.6 Å². The number of carbonyl (C=O) groups excluding carboxylic acids is 1. The molecule has 168 valence electrons. The van der Waals surface area contributed by atoms with Crippen molar-refractivity contribution in [1.82, 2.24) is 24.7 Å². The van der Waals surface area contributed by atoms with E-state index in [9.17, 15) is 18.8 Å². The SMILES string of the molecule is Cc1cccc(NC(=O)CSc2nnc(Cc3cc(=O)[nH]c(=O)[nH]3)n2-c2ccc(F)cc2)c1. The number of nitrogens with one attached hydrogen (secondary N) is 3. The third-order valence-electron chi connectivity index (χ3n) is 4.58. The molecule has 2 aromatic heterocycles. The lowest BCUT2D eigenvalue weighted by atomic mass is 10.2. The minimum Gasteiger partial charge on any atom is -0.325 e. The maximum Gasteiger partial charge on any atom is 0.325 e. The highest BCUT2D eigenvalue weighted by Crippen LogP contribution is 2.24. The van der Waals surface area contributed by atoms with E-state index in [0.717, 1.165) is 17.3 Å². The summed E-state index contributed by atoms with van der Waals surface area (Å²) in [4.78, 5) is 40.4. The minimum atomic E-state index is -0.632. The van der Waals surface area contributed by atoms with Gasteiger partial charge < -0.3 is 10.3 Å². The molecule has 33 heavy (non-hydrogen) atoms. The summed E-state index contributed by atoms with van der Waals surface area (Å²) in [5, 5.41) is 11.6. The molecular weight excluding hydrogens is 447 g/mol. The number of H-pyrrole nitrogens is 2. The maximum absolute atomic E-state index is 13.5. The smallest absolute Gasteiger partial charge is 0.325 e. The maximum atomic E-state index is 13.5. The second kappa shape index (κ2) is 9.65. The van der Waals surface area contributed by atoms with Gasteiger partial charge in [-0.2, -0.15) is 0 Å². The molecule has 0 unspecified atom stereocenters. The number of hydrogen-bond donors (Lipinski definition) is 3. The predicted molar refractivity (Wildman–Crippen MR) is 122 cm³/mol. The van der Waals surface area contributed by atoms with Crippen molar-refractivity contribution in [3.05, 3.63) is 98.3 Å². The van der Waals surface area contributed by atoms with E-state index in [1.165, 1.54) is 18.2 Å². The summed E-state index contributed by atoms with van der Waals surface area (Å²) >= 11 is 1.16. The molecule has 2 aromatic carbocycles. The van der Waals surface area contributed by atoms with Crippen LogP contribution in [0.2, 0.25) is 0 Å². The van der Waals surface area contributed by atoms with Gasteiger partial charge in [0.15, 0.2) is 5.16 Å². The van der Waals surface area contributed by atoms with Crippen molar-refractivity contribution in [2.24, 2.45) is 0 Å². The van der Waals surface area contributed by atoms with E-state index in [-0.39, 0.29) is 18.1 Å². The van der Waals surface area contributed by atoms with E-state index >= 15 is 0 Å². The Morgan fingerprint density at radius 3 is 2.61 bits per heavy atom. The number of amides is 1. The Bertz CT molecular complexity index is 1380. The van der Waals surface area contributed by atoms with Crippen LogP contribution in [0.3, 0.4) is 0 Å². The van der Waals surface area contributed by atoms with Gasteiger partial charge in [-0.15, -0.1) is 10.2 Å². The van der Waals surface area contributed by atoms with E-state index < -0.39 is 17.1 Å². The van der Waals surface area contributed by atoms with Crippen LogP contribution in [0, 0.1) is 12.7 Å². The van der Waals surface area contributed by atoms with Crippen molar-refractivity contribution >= 4 is 23.4 Å². The average molecular weight is 466 g/mol. The zero-order chi connectivity index (χ0) is 23.4. The number of nitrogens with zero attached hydrogens (tertiary/aromatic N) is 3. The van der Waals surface area contributed by atoms with Crippen molar-refractivity contribution in [3.8, 4) is 5.69 Å². The van der Waals surface area contributed by atoms with E-state index in [4.69, 9.17) is 0 Å². The number of thioether (sulfide) groups is 1. The third kappa shape index (κ3) is 5.63. The first-order chi connectivity index (χ1) is 15.9. The quantitative estimate of drug-likeness (QED) is 0.359. The van der Waals surface area contributed by atoms with Crippen LogP contribution in [0.1, 0.15) is 17.1 Å². The number of aryl methyl sites for hydroxylation is 1. The molecule has 0 radical (unpaired) electrons. The number of aromatic amines is 2. The van der Waals surface area contributed by atoms with Crippen LogP contribution in [-0.4, -0.2) is 36.4 Å². The van der Waals surface area contributed by atoms with Crippen molar-refractivity contribution in [3.63, 3.8) is 0 Å². The molecule has 0 fully saturated rings. The largest absolute Gasteiger partial charge is 0.325 e. The molecule has 4 aromatic rings. The molecule has 0 atom stereocenters. The van der Waals surface area contributed by atoms with Gasteiger partial charge in [0, 0.05) is 29.6 Å². The van der Waals surface area contributed by atoms with Gasteiger partial charge in [0.25, 0.3) is 5.56 Å². The first-order valence-corrected chi connectivity index (χ1v) is 10.9. The number of aromatic nitrogens is 5. The van der Waals surface area contributed by atoms with Crippen LogP contribution in [0.25, 0.3) is 5.69 Å². The first-order valence-electron chi connectivity index (χ1n) is 9.89. The second-order valence-corrected chi connectivity index (χ2v) is 8.15. The molecule has 0 aliphatic carbocycles. The average Bonchev–Trinajstić information content (AvgIpc) is 3.14. The number of halogens is 1. The lowest BCUT2D eigenvalue weighted by Crippen LogP contribution is -2.23. The molecule has 0 saturated carbocycles. The molecule has 4 rings (SSSR count). The Morgan fingerprint density at radius 2 is 1.88 bits per heavy atom. The van der Waals surface area contributed by atoms with Crippen molar-refractivity contribution in [2.75, 3.05) is 11.1 Å². The zero-order valence-electron chi connectivity index (χ0n) is 17.5. The van der Waals surface area contributed by atoms with Crippen molar-refractivity contribution in [2.45, 2.75) is 18.5 Å². The zero-order valence-corrected chi connectivity index (χ0v) is 18.3. The summed E-state index contributed by atoms with van der Waals surface area (Å²) < 4.78 is 15.1. The fourth-order valence-electron chi connectivity index (χ4n) is 3.19. The lowest BCUT2D eigenvalue weighted by molar-refractivity contribution is -0.113.